The molecule has 0 unspecified atom stereocenters. The zero-order valence-corrected chi connectivity index (χ0v) is 13.1. The van der Waals surface area contributed by atoms with Crippen molar-refractivity contribution < 1.29 is 14.4 Å². The average Bonchev–Trinajstić information content (AvgIpc) is 3.02. The SMILES string of the molecule is CN1C(=O)CN(c2cccc(C3(N=C=O)CCCC3)c2)CC1=O. The van der Waals surface area contributed by atoms with Crippen LogP contribution in [0, 0.1) is 0 Å². The van der Waals surface area contributed by atoms with Gasteiger partial charge in [0.25, 0.3) is 0 Å². The van der Waals surface area contributed by atoms with Gasteiger partial charge in [0.05, 0.1) is 18.6 Å². The van der Waals surface area contributed by atoms with Gasteiger partial charge in [-0.2, -0.15) is 4.99 Å². The number of aliphatic imine (C=N–C) groups is 1. The molecule has 0 atom stereocenters. The van der Waals surface area contributed by atoms with Crippen molar-refractivity contribution in [3.8, 4) is 0 Å². The van der Waals surface area contributed by atoms with Crippen LogP contribution in [0.15, 0.2) is 29.3 Å². The molecule has 0 aromatic heterocycles. The molecule has 1 aliphatic carbocycles. The third kappa shape index (κ3) is 2.78. The fraction of sp³-hybridized carbons (Fsp3) is 0.471. The van der Waals surface area contributed by atoms with Crippen molar-refractivity contribution in [2.45, 2.75) is 31.2 Å². The van der Waals surface area contributed by atoms with Crippen molar-refractivity contribution in [2.75, 3.05) is 25.0 Å². The minimum absolute atomic E-state index is 0.176. The molecule has 0 radical (unpaired) electrons. The lowest BCUT2D eigenvalue weighted by atomic mass is 9.88. The monoisotopic (exact) mass is 313 g/mol. The van der Waals surface area contributed by atoms with E-state index in [1.165, 1.54) is 7.05 Å². The summed E-state index contributed by atoms with van der Waals surface area (Å²) in [5.41, 5.74) is 1.26. The van der Waals surface area contributed by atoms with Gasteiger partial charge in [0, 0.05) is 12.7 Å². The fourth-order valence-electron chi connectivity index (χ4n) is 3.42. The number of imide groups is 1. The normalized spacial score (nSPS) is 20.6. The van der Waals surface area contributed by atoms with Crippen molar-refractivity contribution in [1.82, 2.24) is 4.90 Å². The number of anilines is 1. The molecule has 23 heavy (non-hydrogen) atoms. The molecule has 1 saturated heterocycles. The molecule has 1 aromatic rings. The summed E-state index contributed by atoms with van der Waals surface area (Å²) in [4.78, 5) is 41.6. The van der Waals surface area contributed by atoms with Crippen LogP contribution >= 0.6 is 0 Å². The summed E-state index contributed by atoms with van der Waals surface area (Å²) in [6, 6.07) is 7.66. The highest BCUT2D eigenvalue weighted by molar-refractivity contribution is 6.02. The zero-order valence-electron chi connectivity index (χ0n) is 13.1. The molecule has 6 nitrogen and oxygen atoms in total. The number of isocyanates is 1. The Kier molecular flexibility index (Phi) is 4.01. The van der Waals surface area contributed by atoms with Gasteiger partial charge in [-0.05, 0) is 30.5 Å². The minimum Gasteiger partial charge on any atom is -0.353 e. The molecule has 0 bridgehead atoms. The van der Waals surface area contributed by atoms with Gasteiger partial charge in [0.15, 0.2) is 0 Å². The van der Waals surface area contributed by atoms with Crippen molar-refractivity contribution in [1.29, 1.82) is 0 Å². The van der Waals surface area contributed by atoms with Crippen LogP contribution in [0.25, 0.3) is 0 Å². The van der Waals surface area contributed by atoms with E-state index >= 15 is 0 Å². The Morgan fingerprint density at radius 3 is 2.39 bits per heavy atom. The van der Waals surface area contributed by atoms with E-state index in [9.17, 15) is 14.4 Å². The van der Waals surface area contributed by atoms with E-state index in [0.29, 0.717) is 0 Å². The first kappa shape index (κ1) is 15.4. The van der Waals surface area contributed by atoms with Crippen LogP contribution in [-0.4, -0.2) is 42.9 Å². The van der Waals surface area contributed by atoms with E-state index in [1.54, 1.807) is 11.0 Å². The Morgan fingerprint density at radius 1 is 1.13 bits per heavy atom. The maximum atomic E-state index is 11.9. The predicted molar refractivity (Wildman–Crippen MR) is 84.7 cm³/mol. The van der Waals surface area contributed by atoms with Crippen molar-refractivity contribution in [3.05, 3.63) is 29.8 Å². The number of piperazine rings is 1. The first-order valence-corrected chi connectivity index (χ1v) is 7.80. The van der Waals surface area contributed by atoms with Crippen LogP contribution in [0.2, 0.25) is 0 Å². The lowest BCUT2D eigenvalue weighted by Crippen LogP contribution is -2.52. The Hall–Kier alpha value is -2.46. The second kappa shape index (κ2) is 5.97. The standard InChI is InChI=1S/C17H19N3O3/c1-19-15(22)10-20(11-16(19)23)14-6-4-5-13(9-14)17(18-12-21)7-2-3-8-17/h4-6,9H,2-3,7-8,10-11H2,1H3. The summed E-state index contributed by atoms with van der Waals surface area (Å²) in [6.45, 7) is 0.352. The quantitative estimate of drug-likeness (QED) is 0.483. The van der Waals surface area contributed by atoms with Gasteiger partial charge in [0.2, 0.25) is 17.9 Å². The molecule has 6 heteroatoms. The van der Waals surface area contributed by atoms with Crippen molar-refractivity contribution in [2.24, 2.45) is 4.99 Å². The van der Waals surface area contributed by atoms with Gasteiger partial charge in [-0.15, -0.1) is 0 Å². The maximum Gasteiger partial charge on any atom is 0.248 e. The number of benzene rings is 1. The van der Waals surface area contributed by atoms with Gasteiger partial charge < -0.3 is 4.90 Å². The minimum atomic E-state index is -0.502. The summed E-state index contributed by atoms with van der Waals surface area (Å²) in [5.74, 6) is -0.429. The molecule has 2 aliphatic rings. The summed E-state index contributed by atoms with van der Waals surface area (Å²) < 4.78 is 0. The number of likely N-dealkylation sites (N-methyl/N-ethyl adjacent to an activating group) is 1. The zero-order chi connectivity index (χ0) is 16.4. The van der Waals surface area contributed by atoms with E-state index in [-0.39, 0.29) is 24.9 Å². The molecule has 0 spiro atoms. The lowest BCUT2D eigenvalue weighted by Gasteiger charge is -2.33. The molecular weight excluding hydrogens is 294 g/mol. The van der Waals surface area contributed by atoms with Crippen LogP contribution in [0.3, 0.4) is 0 Å². The Labute approximate surface area is 134 Å². The smallest absolute Gasteiger partial charge is 0.248 e. The highest BCUT2D eigenvalue weighted by atomic mass is 16.2. The highest BCUT2D eigenvalue weighted by Crippen LogP contribution is 2.42. The van der Waals surface area contributed by atoms with E-state index in [0.717, 1.165) is 41.8 Å². The van der Waals surface area contributed by atoms with Crippen molar-refractivity contribution in [3.63, 3.8) is 0 Å². The first-order chi connectivity index (χ1) is 11.1. The average molecular weight is 313 g/mol. The van der Waals surface area contributed by atoms with Crippen LogP contribution in [-0.2, 0) is 19.9 Å². The summed E-state index contributed by atoms with van der Waals surface area (Å²) >= 11 is 0. The third-order valence-electron chi connectivity index (χ3n) is 4.84. The molecular formula is C17H19N3O3. The van der Waals surface area contributed by atoms with Gasteiger partial charge in [-0.3, -0.25) is 14.5 Å². The Bertz CT molecular complexity index is 670. The van der Waals surface area contributed by atoms with Crippen LogP contribution in [0.4, 0.5) is 5.69 Å². The molecule has 120 valence electrons. The number of carbonyl (C=O) groups excluding carboxylic acids is 3. The molecule has 1 aliphatic heterocycles. The van der Waals surface area contributed by atoms with Gasteiger partial charge in [-0.25, -0.2) is 4.79 Å². The lowest BCUT2D eigenvalue weighted by molar-refractivity contribution is -0.143. The van der Waals surface area contributed by atoms with Gasteiger partial charge in [-0.1, -0.05) is 25.0 Å². The van der Waals surface area contributed by atoms with E-state index in [4.69, 9.17) is 0 Å². The van der Waals surface area contributed by atoms with Gasteiger partial charge >= 0.3 is 0 Å². The molecule has 1 saturated carbocycles. The Morgan fingerprint density at radius 2 is 1.78 bits per heavy atom. The molecule has 1 heterocycles. The second-order valence-corrected chi connectivity index (χ2v) is 6.19. The largest absolute Gasteiger partial charge is 0.353 e. The summed E-state index contributed by atoms with van der Waals surface area (Å²) in [7, 11) is 1.50. The first-order valence-electron chi connectivity index (χ1n) is 7.80. The van der Waals surface area contributed by atoms with Crippen molar-refractivity contribution >= 4 is 23.6 Å². The van der Waals surface area contributed by atoms with Crippen LogP contribution < -0.4 is 4.90 Å². The van der Waals surface area contributed by atoms with E-state index < -0.39 is 5.54 Å². The summed E-state index contributed by atoms with van der Waals surface area (Å²) in [5, 5.41) is 0. The fourth-order valence-corrected chi connectivity index (χ4v) is 3.42. The molecule has 0 N–H and O–H groups in total. The second-order valence-electron chi connectivity index (χ2n) is 6.19. The van der Waals surface area contributed by atoms with Crippen LogP contribution in [0.1, 0.15) is 31.2 Å². The highest BCUT2D eigenvalue weighted by Gasteiger charge is 2.36. The molecule has 2 amide bonds. The number of hydrogen-bond acceptors (Lipinski definition) is 5. The van der Waals surface area contributed by atoms with E-state index in [2.05, 4.69) is 4.99 Å². The summed E-state index contributed by atoms with van der Waals surface area (Å²) in [6.07, 6.45) is 5.42. The number of nitrogens with zero attached hydrogens (tertiary/aromatic N) is 3. The Balaban J connectivity index is 1.92. The molecule has 1 aromatic carbocycles. The number of rotatable bonds is 3. The number of amides is 2. The topological polar surface area (TPSA) is 70.1 Å². The molecule has 2 fully saturated rings. The van der Waals surface area contributed by atoms with Gasteiger partial charge in [0.1, 0.15) is 0 Å². The third-order valence-corrected chi connectivity index (χ3v) is 4.84. The number of carbonyl (C=O) groups is 2. The molecule has 3 rings (SSSR count). The van der Waals surface area contributed by atoms with E-state index in [1.807, 2.05) is 24.3 Å². The predicted octanol–water partition coefficient (Wildman–Crippen LogP) is 1.60. The van der Waals surface area contributed by atoms with Crippen LogP contribution in [0.5, 0.6) is 0 Å². The number of hydrogen-bond donors (Lipinski definition) is 0. The maximum absolute atomic E-state index is 11.9.